The quantitative estimate of drug-likeness (QED) is 0.668. The Kier molecular flexibility index (Phi) is 3.63. The molecule has 1 amide bonds. The number of benzene rings is 1. The predicted octanol–water partition coefficient (Wildman–Crippen LogP) is 0.575. The van der Waals surface area contributed by atoms with Crippen molar-refractivity contribution in [3.8, 4) is 0 Å². The predicted molar refractivity (Wildman–Crippen MR) is 68.9 cm³/mol. The average Bonchev–Trinajstić information content (AvgIpc) is 2.28. The molecule has 17 heavy (non-hydrogen) atoms. The normalized spacial score (nSPS) is 11.3. The van der Waals surface area contributed by atoms with Gasteiger partial charge in [0.15, 0.2) is 0 Å². The monoisotopic (exact) mass is 237 g/mol. The van der Waals surface area contributed by atoms with Gasteiger partial charge in [0.2, 0.25) is 0 Å². The zero-order valence-corrected chi connectivity index (χ0v) is 10.4. The fraction of sp³-hybridized carbons (Fsp3) is 0.417. The van der Waals surface area contributed by atoms with Crippen molar-refractivity contribution < 1.29 is 9.90 Å². The minimum absolute atomic E-state index is 0.0241. The number of likely N-dealkylation sites (N-methyl/N-ethyl adjacent to an activating group) is 1. The lowest BCUT2D eigenvalue weighted by Gasteiger charge is -2.36. The number of aliphatic hydroxyl groups is 1. The number of nitrogens with two attached hydrogens (primary N) is 2. The molecule has 0 atom stereocenters. The lowest BCUT2D eigenvalue weighted by Crippen LogP contribution is -2.44. The highest BCUT2D eigenvalue weighted by Crippen LogP contribution is 2.30. The summed E-state index contributed by atoms with van der Waals surface area (Å²) in [5.74, 6) is -0.556. The summed E-state index contributed by atoms with van der Waals surface area (Å²) >= 11 is 0. The van der Waals surface area contributed by atoms with Crippen LogP contribution in [0.3, 0.4) is 0 Å². The van der Waals surface area contributed by atoms with Crippen molar-refractivity contribution in [3.63, 3.8) is 0 Å². The zero-order valence-electron chi connectivity index (χ0n) is 10.4. The van der Waals surface area contributed by atoms with E-state index in [1.54, 1.807) is 18.2 Å². The number of anilines is 2. The number of hydrogen-bond acceptors (Lipinski definition) is 4. The van der Waals surface area contributed by atoms with Gasteiger partial charge >= 0.3 is 0 Å². The van der Waals surface area contributed by atoms with Gasteiger partial charge in [-0.25, -0.2) is 0 Å². The second kappa shape index (κ2) is 4.63. The van der Waals surface area contributed by atoms with Crippen molar-refractivity contribution in [2.45, 2.75) is 19.4 Å². The molecule has 0 radical (unpaired) electrons. The van der Waals surface area contributed by atoms with Gasteiger partial charge in [0.1, 0.15) is 0 Å². The Morgan fingerprint density at radius 1 is 1.47 bits per heavy atom. The van der Waals surface area contributed by atoms with E-state index in [1.165, 1.54) is 0 Å². The number of aliphatic hydroxyl groups excluding tert-OH is 1. The van der Waals surface area contributed by atoms with Crippen molar-refractivity contribution >= 4 is 17.3 Å². The lowest BCUT2D eigenvalue weighted by molar-refractivity contribution is 0.100. The van der Waals surface area contributed by atoms with Crippen molar-refractivity contribution in [1.29, 1.82) is 0 Å². The minimum atomic E-state index is -0.556. The lowest BCUT2D eigenvalue weighted by atomic mass is 10.0. The largest absolute Gasteiger partial charge is 0.396 e. The minimum Gasteiger partial charge on any atom is -0.396 e. The van der Waals surface area contributed by atoms with Crippen LogP contribution in [0.25, 0.3) is 0 Å². The fourth-order valence-electron chi connectivity index (χ4n) is 1.49. The third-order valence-electron chi connectivity index (χ3n) is 3.00. The summed E-state index contributed by atoms with van der Waals surface area (Å²) in [4.78, 5) is 13.0. The molecule has 0 aliphatic heterocycles. The molecule has 1 aromatic rings. The molecular weight excluding hydrogens is 218 g/mol. The van der Waals surface area contributed by atoms with Crippen molar-refractivity contribution in [1.82, 2.24) is 0 Å². The molecule has 0 fully saturated rings. The van der Waals surface area contributed by atoms with E-state index in [2.05, 4.69) is 0 Å². The topological polar surface area (TPSA) is 92.6 Å². The third kappa shape index (κ3) is 2.50. The summed E-state index contributed by atoms with van der Waals surface area (Å²) in [6.45, 7) is 3.73. The highest BCUT2D eigenvalue weighted by Gasteiger charge is 2.25. The molecule has 0 saturated carbocycles. The van der Waals surface area contributed by atoms with Crippen LogP contribution < -0.4 is 16.4 Å². The Morgan fingerprint density at radius 3 is 2.53 bits per heavy atom. The fourth-order valence-corrected chi connectivity index (χ4v) is 1.49. The molecule has 5 nitrogen and oxygen atoms in total. The number of amides is 1. The molecule has 0 unspecified atom stereocenters. The summed E-state index contributed by atoms with van der Waals surface area (Å²) in [6.07, 6.45) is 0. The van der Waals surface area contributed by atoms with E-state index in [1.807, 2.05) is 25.8 Å². The van der Waals surface area contributed by atoms with Gasteiger partial charge in [-0.2, -0.15) is 0 Å². The van der Waals surface area contributed by atoms with E-state index < -0.39 is 11.4 Å². The van der Waals surface area contributed by atoms with Crippen LogP contribution in [-0.4, -0.2) is 30.2 Å². The van der Waals surface area contributed by atoms with Gasteiger partial charge in [-0.3, -0.25) is 4.79 Å². The number of hydrogen-bond donors (Lipinski definition) is 3. The molecule has 0 spiro atoms. The second-order valence-electron chi connectivity index (χ2n) is 4.63. The Balaban J connectivity index is 3.24. The number of carbonyl (C=O) groups excluding carboxylic acids is 1. The first-order chi connectivity index (χ1) is 7.81. The molecule has 1 rings (SSSR count). The number of carbonyl (C=O) groups is 1. The number of rotatable bonds is 4. The summed E-state index contributed by atoms with van der Waals surface area (Å²) in [5, 5.41) is 9.32. The van der Waals surface area contributed by atoms with E-state index in [-0.39, 0.29) is 6.61 Å². The first-order valence-electron chi connectivity index (χ1n) is 5.34. The smallest absolute Gasteiger partial charge is 0.250 e. The van der Waals surface area contributed by atoms with Gasteiger partial charge in [-0.15, -0.1) is 0 Å². The van der Waals surface area contributed by atoms with Crippen molar-refractivity contribution in [3.05, 3.63) is 23.8 Å². The summed E-state index contributed by atoms with van der Waals surface area (Å²) in [6, 6.07) is 5.09. The molecule has 0 aromatic heterocycles. The summed E-state index contributed by atoms with van der Waals surface area (Å²) < 4.78 is 0. The zero-order chi connectivity index (χ0) is 13.2. The highest BCUT2D eigenvalue weighted by atomic mass is 16.3. The van der Waals surface area contributed by atoms with Crippen LogP contribution in [0.5, 0.6) is 0 Å². The van der Waals surface area contributed by atoms with Gasteiger partial charge in [-0.1, -0.05) is 6.07 Å². The van der Waals surface area contributed by atoms with Gasteiger partial charge in [0.25, 0.3) is 5.91 Å². The number of nitrogen functional groups attached to an aromatic ring is 1. The van der Waals surface area contributed by atoms with Crippen LogP contribution in [0.1, 0.15) is 24.2 Å². The second-order valence-corrected chi connectivity index (χ2v) is 4.63. The first kappa shape index (κ1) is 13.3. The average molecular weight is 237 g/mol. The highest BCUT2D eigenvalue weighted by molar-refractivity contribution is 6.00. The van der Waals surface area contributed by atoms with Crippen molar-refractivity contribution in [2.75, 3.05) is 24.3 Å². The van der Waals surface area contributed by atoms with E-state index in [4.69, 9.17) is 11.5 Å². The van der Waals surface area contributed by atoms with E-state index in [0.29, 0.717) is 16.9 Å². The molecule has 5 N–H and O–H groups in total. The Morgan fingerprint density at radius 2 is 2.06 bits per heavy atom. The molecule has 0 aliphatic carbocycles. The number of nitrogens with zero attached hydrogens (tertiary/aromatic N) is 1. The van der Waals surface area contributed by atoms with Gasteiger partial charge in [-0.05, 0) is 26.0 Å². The first-order valence-corrected chi connectivity index (χ1v) is 5.34. The van der Waals surface area contributed by atoms with Gasteiger partial charge in [0, 0.05) is 7.05 Å². The molecule has 0 saturated heterocycles. The van der Waals surface area contributed by atoms with Crippen LogP contribution in [0, 0.1) is 0 Å². The van der Waals surface area contributed by atoms with Gasteiger partial charge in [0.05, 0.1) is 29.1 Å². The summed E-state index contributed by atoms with van der Waals surface area (Å²) in [5.41, 5.74) is 12.0. The maximum atomic E-state index is 11.2. The van der Waals surface area contributed by atoms with Crippen molar-refractivity contribution in [2.24, 2.45) is 5.73 Å². The van der Waals surface area contributed by atoms with E-state index >= 15 is 0 Å². The van der Waals surface area contributed by atoms with Crippen LogP contribution in [0.2, 0.25) is 0 Å². The van der Waals surface area contributed by atoms with Crippen LogP contribution >= 0.6 is 0 Å². The molecular formula is C12H19N3O2. The van der Waals surface area contributed by atoms with E-state index in [0.717, 1.165) is 0 Å². The molecule has 0 aliphatic rings. The SMILES string of the molecule is CN(c1cccc(C(N)=O)c1N)C(C)(C)CO. The van der Waals surface area contributed by atoms with Gasteiger partial charge < -0.3 is 21.5 Å². The number of primary amides is 1. The molecule has 1 aromatic carbocycles. The summed E-state index contributed by atoms with van der Waals surface area (Å²) in [7, 11) is 1.81. The van der Waals surface area contributed by atoms with E-state index in [9.17, 15) is 9.90 Å². The maximum Gasteiger partial charge on any atom is 0.250 e. The Labute approximate surface area is 101 Å². The van der Waals surface area contributed by atoms with Crippen LogP contribution in [0.15, 0.2) is 18.2 Å². The molecule has 5 heteroatoms. The third-order valence-corrected chi connectivity index (χ3v) is 3.00. The Bertz CT molecular complexity index is 430. The number of para-hydroxylation sites is 1. The Hall–Kier alpha value is -1.75. The standard InChI is InChI=1S/C12H19N3O2/c1-12(2,7-16)15(3)9-6-4-5-8(10(9)13)11(14)17/h4-6,16H,7,13H2,1-3H3,(H2,14,17). The van der Waals surface area contributed by atoms with Crippen LogP contribution in [-0.2, 0) is 0 Å². The maximum absolute atomic E-state index is 11.2. The van der Waals surface area contributed by atoms with Crippen LogP contribution in [0.4, 0.5) is 11.4 Å². The molecule has 0 bridgehead atoms. The molecule has 0 heterocycles. The molecule has 94 valence electrons.